The third-order valence-electron chi connectivity index (χ3n) is 2.92. The smallest absolute Gasteiger partial charge is 0.257 e. The molecule has 1 aromatic carbocycles. The van der Waals surface area contributed by atoms with Gasteiger partial charge in [-0.2, -0.15) is 0 Å². The summed E-state index contributed by atoms with van der Waals surface area (Å²) in [6.07, 6.45) is 2.67. The van der Waals surface area contributed by atoms with Crippen LogP contribution in [-0.2, 0) is 6.42 Å². The number of aryl methyl sites for hydroxylation is 2. The number of thiazole rings is 1. The predicted molar refractivity (Wildman–Crippen MR) is 80.2 cm³/mol. The van der Waals surface area contributed by atoms with Crippen LogP contribution in [-0.4, -0.2) is 17.9 Å². The Kier molecular flexibility index (Phi) is 4.16. The Balaban J connectivity index is 2.15. The van der Waals surface area contributed by atoms with Gasteiger partial charge in [-0.05, 0) is 30.5 Å². The SMILES string of the molecule is CCc1ccc(C(=O)Nc2ncc(NC)s2)c(C)c1. The van der Waals surface area contributed by atoms with Crippen LogP contribution in [0.2, 0.25) is 0 Å². The number of amides is 1. The first kappa shape index (κ1) is 13.5. The molecule has 2 aromatic rings. The van der Waals surface area contributed by atoms with E-state index in [0.29, 0.717) is 10.7 Å². The number of hydrogen-bond donors (Lipinski definition) is 2. The number of nitrogens with zero attached hydrogens (tertiary/aromatic N) is 1. The molecule has 100 valence electrons. The van der Waals surface area contributed by atoms with Gasteiger partial charge in [-0.25, -0.2) is 4.98 Å². The van der Waals surface area contributed by atoms with Crippen molar-refractivity contribution in [1.29, 1.82) is 0 Å². The van der Waals surface area contributed by atoms with Gasteiger partial charge in [0, 0.05) is 12.6 Å². The van der Waals surface area contributed by atoms with Gasteiger partial charge in [0.2, 0.25) is 0 Å². The van der Waals surface area contributed by atoms with E-state index in [4.69, 9.17) is 0 Å². The van der Waals surface area contributed by atoms with Gasteiger partial charge >= 0.3 is 0 Å². The Hall–Kier alpha value is -1.88. The van der Waals surface area contributed by atoms with Crippen molar-refractivity contribution in [3.05, 3.63) is 41.1 Å². The number of anilines is 2. The van der Waals surface area contributed by atoms with E-state index in [1.54, 1.807) is 6.20 Å². The van der Waals surface area contributed by atoms with Crippen LogP contribution in [0.15, 0.2) is 24.4 Å². The van der Waals surface area contributed by atoms with Gasteiger partial charge in [0.15, 0.2) is 5.13 Å². The fourth-order valence-corrected chi connectivity index (χ4v) is 2.48. The maximum absolute atomic E-state index is 12.2. The second-order valence-corrected chi connectivity index (χ2v) is 5.27. The number of carbonyl (C=O) groups is 1. The zero-order chi connectivity index (χ0) is 13.8. The Morgan fingerprint density at radius 2 is 2.21 bits per heavy atom. The van der Waals surface area contributed by atoms with Crippen molar-refractivity contribution >= 4 is 27.4 Å². The van der Waals surface area contributed by atoms with Crippen molar-refractivity contribution in [2.75, 3.05) is 17.7 Å². The lowest BCUT2D eigenvalue weighted by atomic mass is 10.0. The Morgan fingerprint density at radius 3 is 2.79 bits per heavy atom. The maximum Gasteiger partial charge on any atom is 0.257 e. The average molecular weight is 275 g/mol. The first-order valence-corrected chi connectivity index (χ1v) is 7.00. The topological polar surface area (TPSA) is 54.0 Å². The second-order valence-electron chi connectivity index (χ2n) is 4.24. The van der Waals surface area contributed by atoms with Gasteiger partial charge in [0.05, 0.1) is 6.20 Å². The van der Waals surface area contributed by atoms with Crippen LogP contribution in [0.1, 0.15) is 28.4 Å². The normalized spacial score (nSPS) is 10.3. The van der Waals surface area contributed by atoms with E-state index in [9.17, 15) is 4.79 Å². The summed E-state index contributed by atoms with van der Waals surface area (Å²) in [5.74, 6) is -0.114. The lowest BCUT2D eigenvalue weighted by Crippen LogP contribution is -2.13. The van der Waals surface area contributed by atoms with Crippen LogP contribution in [0.3, 0.4) is 0 Å². The largest absolute Gasteiger partial charge is 0.379 e. The number of hydrogen-bond acceptors (Lipinski definition) is 4. The Labute approximate surface area is 116 Å². The molecule has 4 nitrogen and oxygen atoms in total. The summed E-state index contributed by atoms with van der Waals surface area (Å²) in [5.41, 5.74) is 2.92. The number of nitrogens with one attached hydrogen (secondary N) is 2. The van der Waals surface area contributed by atoms with Crippen LogP contribution in [0.5, 0.6) is 0 Å². The molecule has 1 aromatic heterocycles. The Bertz CT molecular complexity index is 592. The van der Waals surface area contributed by atoms with Crippen molar-refractivity contribution < 1.29 is 4.79 Å². The first-order chi connectivity index (χ1) is 9.13. The molecule has 1 amide bonds. The summed E-state index contributed by atoms with van der Waals surface area (Å²) in [5, 5.41) is 7.34. The highest BCUT2D eigenvalue weighted by molar-refractivity contribution is 7.19. The standard InChI is InChI=1S/C14H17N3OS/c1-4-10-5-6-11(9(2)7-10)13(18)17-14-16-8-12(15-3)19-14/h5-8,15H,4H2,1-3H3,(H,16,17,18). The number of carbonyl (C=O) groups excluding carboxylic acids is 1. The van der Waals surface area contributed by atoms with Crippen molar-refractivity contribution in [3.8, 4) is 0 Å². The van der Waals surface area contributed by atoms with Crippen molar-refractivity contribution in [3.63, 3.8) is 0 Å². The highest BCUT2D eigenvalue weighted by Gasteiger charge is 2.11. The van der Waals surface area contributed by atoms with Crippen LogP contribution >= 0.6 is 11.3 Å². The predicted octanol–water partition coefficient (Wildman–Crippen LogP) is 3.31. The molecule has 0 atom stereocenters. The molecular formula is C14H17N3OS. The van der Waals surface area contributed by atoms with Gasteiger partial charge < -0.3 is 5.32 Å². The molecule has 5 heteroatoms. The number of benzene rings is 1. The zero-order valence-electron chi connectivity index (χ0n) is 11.3. The molecule has 0 fully saturated rings. The summed E-state index contributed by atoms with van der Waals surface area (Å²) in [4.78, 5) is 16.3. The summed E-state index contributed by atoms with van der Waals surface area (Å²) in [6.45, 7) is 4.05. The van der Waals surface area contributed by atoms with Crippen LogP contribution in [0.25, 0.3) is 0 Å². The van der Waals surface area contributed by atoms with Crippen molar-refractivity contribution in [2.24, 2.45) is 0 Å². The minimum atomic E-state index is -0.114. The van der Waals surface area contributed by atoms with Crippen LogP contribution in [0, 0.1) is 6.92 Å². The molecule has 0 radical (unpaired) electrons. The highest BCUT2D eigenvalue weighted by Crippen LogP contribution is 2.23. The molecule has 0 aliphatic rings. The second kappa shape index (κ2) is 5.84. The van der Waals surface area contributed by atoms with E-state index in [2.05, 4.69) is 28.6 Å². The third kappa shape index (κ3) is 3.12. The minimum Gasteiger partial charge on any atom is -0.379 e. The van der Waals surface area contributed by atoms with Crippen LogP contribution < -0.4 is 10.6 Å². The van der Waals surface area contributed by atoms with Crippen molar-refractivity contribution in [2.45, 2.75) is 20.3 Å². The highest BCUT2D eigenvalue weighted by atomic mass is 32.1. The van der Waals surface area contributed by atoms with Crippen LogP contribution in [0.4, 0.5) is 10.1 Å². The molecule has 0 bridgehead atoms. The summed E-state index contributed by atoms with van der Waals surface area (Å²) < 4.78 is 0. The lowest BCUT2D eigenvalue weighted by Gasteiger charge is -2.07. The molecule has 0 saturated carbocycles. The molecule has 0 aliphatic carbocycles. The molecule has 0 spiro atoms. The molecule has 0 unspecified atom stereocenters. The van der Waals surface area contributed by atoms with E-state index in [-0.39, 0.29) is 5.91 Å². The maximum atomic E-state index is 12.2. The molecule has 0 aliphatic heterocycles. The minimum absolute atomic E-state index is 0.114. The first-order valence-electron chi connectivity index (χ1n) is 6.18. The molecule has 2 N–H and O–H groups in total. The average Bonchev–Trinajstić information content (AvgIpc) is 2.86. The van der Waals surface area contributed by atoms with Gasteiger partial charge in [-0.15, -0.1) is 0 Å². The van der Waals surface area contributed by atoms with Crippen molar-refractivity contribution in [1.82, 2.24) is 4.98 Å². The summed E-state index contributed by atoms with van der Waals surface area (Å²) in [6, 6.07) is 5.91. The number of rotatable bonds is 4. The molecular weight excluding hydrogens is 258 g/mol. The monoisotopic (exact) mass is 275 g/mol. The van der Waals surface area contributed by atoms with E-state index in [0.717, 1.165) is 17.0 Å². The fraction of sp³-hybridized carbons (Fsp3) is 0.286. The lowest BCUT2D eigenvalue weighted by molar-refractivity contribution is 0.102. The Morgan fingerprint density at radius 1 is 1.42 bits per heavy atom. The van der Waals surface area contributed by atoms with E-state index >= 15 is 0 Å². The number of aromatic nitrogens is 1. The fourth-order valence-electron chi connectivity index (χ4n) is 1.81. The molecule has 2 rings (SSSR count). The van der Waals surface area contributed by atoms with E-state index in [1.807, 2.05) is 26.1 Å². The summed E-state index contributed by atoms with van der Waals surface area (Å²) in [7, 11) is 1.83. The van der Waals surface area contributed by atoms with Gasteiger partial charge in [0.1, 0.15) is 5.00 Å². The third-order valence-corrected chi connectivity index (χ3v) is 3.85. The molecule has 19 heavy (non-hydrogen) atoms. The van der Waals surface area contributed by atoms with Gasteiger partial charge in [-0.1, -0.05) is 30.4 Å². The molecule has 1 heterocycles. The van der Waals surface area contributed by atoms with Gasteiger partial charge in [0.25, 0.3) is 5.91 Å². The zero-order valence-corrected chi connectivity index (χ0v) is 12.1. The summed E-state index contributed by atoms with van der Waals surface area (Å²) >= 11 is 1.42. The van der Waals surface area contributed by atoms with Gasteiger partial charge in [-0.3, -0.25) is 10.1 Å². The van der Waals surface area contributed by atoms with E-state index < -0.39 is 0 Å². The van der Waals surface area contributed by atoms with E-state index in [1.165, 1.54) is 16.9 Å². The quantitative estimate of drug-likeness (QED) is 0.900. The molecule has 0 saturated heterocycles.